The molecule has 5 aromatic rings. The van der Waals surface area contributed by atoms with Gasteiger partial charge in [-0.05, 0) is 49.2 Å². The van der Waals surface area contributed by atoms with Crippen LogP contribution in [0.4, 0.5) is 0 Å². The van der Waals surface area contributed by atoms with Gasteiger partial charge in [-0.3, -0.25) is 14.7 Å². The molecule has 0 saturated carbocycles. The molecule has 0 aliphatic heterocycles. The van der Waals surface area contributed by atoms with Gasteiger partial charge in [0.15, 0.2) is 0 Å². The molecule has 0 aliphatic carbocycles. The maximum atomic E-state index is 13.1. The van der Waals surface area contributed by atoms with Gasteiger partial charge in [0.25, 0.3) is 11.1 Å². The Bertz CT molecular complexity index is 1510. The van der Waals surface area contributed by atoms with Crippen molar-refractivity contribution in [2.75, 3.05) is 0 Å². The van der Waals surface area contributed by atoms with Gasteiger partial charge in [0.2, 0.25) is 0 Å². The zero-order valence-corrected chi connectivity index (χ0v) is 17.0. The Hall–Kier alpha value is -3.51. The topological polar surface area (TPSA) is 75.6 Å². The van der Waals surface area contributed by atoms with Crippen molar-refractivity contribution in [2.45, 2.75) is 19.9 Å². The number of hydrogen-bond donors (Lipinski definition) is 2. The Morgan fingerprint density at radius 2 is 1.80 bits per heavy atom. The summed E-state index contributed by atoms with van der Waals surface area (Å²) >= 11 is 6.14. The summed E-state index contributed by atoms with van der Waals surface area (Å²) in [5.74, 6) is 0. The number of aromatic amines is 2. The Morgan fingerprint density at radius 1 is 1.00 bits per heavy atom. The van der Waals surface area contributed by atoms with Crippen molar-refractivity contribution >= 4 is 33.4 Å². The molecular formula is C23H19ClN4O2. The van der Waals surface area contributed by atoms with E-state index in [0.717, 1.165) is 22.2 Å². The van der Waals surface area contributed by atoms with Crippen molar-refractivity contribution in [1.29, 1.82) is 0 Å². The molecule has 0 aliphatic rings. The number of hydrogen-bond acceptors (Lipinski definition) is 2. The standard InChI is InChI=1S/C23H19ClN4O2/c1-14-22-20(26-28(23(22)30)17-5-3-2-4-6-17)12-21(29)27(14)10-9-15-13-25-19-8-7-16(24)11-18(15)19/h2-8,11-13,25-26H,9-10H2,1H3. The Labute approximate surface area is 176 Å². The van der Waals surface area contributed by atoms with E-state index in [1.165, 1.54) is 10.7 Å². The minimum absolute atomic E-state index is 0.140. The second-order valence-corrected chi connectivity index (χ2v) is 7.79. The molecule has 0 bridgehead atoms. The second kappa shape index (κ2) is 7.07. The number of para-hydroxylation sites is 1. The largest absolute Gasteiger partial charge is 0.361 e. The maximum absolute atomic E-state index is 13.1. The van der Waals surface area contributed by atoms with Crippen molar-refractivity contribution in [3.63, 3.8) is 0 Å². The third-order valence-corrected chi connectivity index (χ3v) is 5.80. The number of nitrogens with one attached hydrogen (secondary N) is 2. The number of rotatable bonds is 4. The lowest BCUT2D eigenvalue weighted by Crippen LogP contribution is -2.24. The van der Waals surface area contributed by atoms with E-state index in [1.54, 1.807) is 4.57 Å². The zero-order chi connectivity index (χ0) is 20.8. The molecule has 0 spiro atoms. The maximum Gasteiger partial charge on any atom is 0.280 e. The molecule has 150 valence electrons. The first-order valence-electron chi connectivity index (χ1n) is 9.69. The van der Waals surface area contributed by atoms with E-state index < -0.39 is 0 Å². The SMILES string of the molecule is Cc1c2c(=O)n(-c3ccccc3)[nH]c2cc(=O)n1CCc1c[nH]c2ccc(Cl)cc12. The van der Waals surface area contributed by atoms with E-state index in [2.05, 4.69) is 10.1 Å². The number of halogens is 1. The summed E-state index contributed by atoms with van der Waals surface area (Å²) in [6.45, 7) is 2.29. The van der Waals surface area contributed by atoms with Gasteiger partial charge in [0.1, 0.15) is 0 Å². The molecule has 0 unspecified atom stereocenters. The Morgan fingerprint density at radius 3 is 2.60 bits per heavy atom. The molecule has 0 atom stereocenters. The van der Waals surface area contributed by atoms with Crippen LogP contribution in [0.3, 0.4) is 0 Å². The first-order valence-corrected chi connectivity index (χ1v) is 10.1. The third-order valence-electron chi connectivity index (χ3n) is 5.57. The van der Waals surface area contributed by atoms with Gasteiger partial charge >= 0.3 is 0 Å². The Balaban J connectivity index is 1.56. The van der Waals surface area contributed by atoms with Crippen LogP contribution in [-0.2, 0) is 13.0 Å². The summed E-state index contributed by atoms with van der Waals surface area (Å²) in [6, 6.07) is 16.5. The van der Waals surface area contributed by atoms with Gasteiger partial charge in [-0.1, -0.05) is 29.8 Å². The summed E-state index contributed by atoms with van der Waals surface area (Å²) in [5.41, 5.74) is 3.71. The van der Waals surface area contributed by atoms with Crippen molar-refractivity contribution in [2.24, 2.45) is 0 Å². The van der Waals surface area contributed by atoms with Crippen molar-refractivity contribution in [3.8, 4) is 5.69 Å². The van der Waals surface area contributed by atoms with E-state index in [-0.39, 0.29) is 11.1 Å². The summed E-state index contributed by atoms with van der Waals surface area (Å²) < 4.78 is 3.14. The molecule has 7 heteroatoms. The molecule has 3 aromatic heterocycles. The highest BCUT2D eigenvalue weighted by atomic mass is 35.5. The van der Waals surface area contributed by atoms with Crippen molar-refractivity contribution < 1.29 is 0 Å². The summed E-state index contributed by atoms with van der Waals surface area (Å²) in [6.07, 6.45) is 2.59. The van der Waals surface area contributed by atoms with Gasteiger partial charge < -0.3 is 9.55 Å². The lowest BCUT2D eigenvalue weighted by molar-refractivity contribution is 0.656. The molecule has 0 saturated heterocycles. The fraction of sp³-hybridized carbons (Fsp3) is 0.130. The van der Waals surface area contributed by atoms with Crippen LogP contribution in [0.25, 0.3) is 27.5 Å². The molecular weight excluding hydrogens is 400 g/mol. The molecule has 0 amide bonds. The Kier molecular flexibility index (Phi) is 4.37. The van der Waals surface area contributed by atoms with E-state index in [4.69, 9.17) is 11.6 Å². The van der Waals surface area contributed by atoms with E-state index in [1.807, 2.05) is 61.7 Å². The van der Waals surface area contributed by atoms with E-state index in [0.29, 0.717) is 34.6 Å². The van der Waals surface area contributed by atoms with E-state index >= 15 is 0 Å². The predicted molar refractivity (Wildman–Crippen MR) is 120 cm³/mol. The number of nitrogens with zero attached hydrogens (tertiary/aromatic N) is 2. The zero-order valence-electron chi connectivity index (χ0n) is 16.3. The van der Waals surface area contributed by atoms with Crippen LogP contribution in [-0.4, -0.2) is 19.3 Å². The summed E-state index contributed by atoms with van der Waals surface area (Å²) in [4.78, 5) is 29.1. The van der Waals surface area contributed by atoms with Crippen LogP contribution in [0.1, 0.15) is 11.3 Å². The first-order chi connectivity index (χ1) is 14.5. The van der Waals surface area contributed by atoms with Gasteiger partial charge in [-0.25, -0.2) is 4.68 Å². The van der Waals surface area contributed by atoms with Crippen LogP contribution >= 0.6 is 11.6 Å². The quantitative estimate of drug-likeness (QED) is 0.459. The third kappa shape index (κ3) is 2.97. The normalized spacial score (nSPS) is 11.5. The molecule has 6 nitrogen and oxygen atoms in total. The average molecular weight is 419 g/mol. The smallest absolute Gasteiger partial charge is 0.280 e. The predicted octanol–water partition coefficient (Wildman–Crippen LogP) is 4.17. The van der Waals surface area contributed by atoms with Gasteiger partial charge in [-0.15, -0.1) is 0 Å². The fourth-order valence-corrected chi connectivity index (χ4v) is 4.21. The number of fused-ring (bicyclic) bond motifs is 2. The van der Waals surface area contributed by atoms with Crippen molar-refractivity contribution in [3.05, 3.63) is 97.8 Å². The number of aryl methyl sites for hydroxylation is 2. The molecule has 5 rings (SSSR count). The highest BCUT2D eigenvalue weighted by molar-refractivity contribution is 6.31. The summed E-state index contributed by atoms with van der Waals surface area (Å²) in [5, 5.41) is 5.31. The fourth-order valence-electron chi connectivity index (χ4n) is 4.04. The van der Waals surface area contributed by atoms with Crippen LogP contribution in [0.15, 0.2) is 70.4 Å². The number of pyridine rings is 1. The van der Waals surface area contributed by atoms with Crippen LogP contribution in [0, 0.1) is 6.92 Å². The number of H-pyrrole nitrogens is 2. The summed E-state index contributed by atoms with van der Waals surface area (Å²) in [7, 11) is 0. The molecule has 3 heterocycles. The number of benzene rings is 2. The lowest BCUT2D eigenvalue weighted by Gasteiger charge is -2.10. The van der Waals surface area contributed by atoms with Crippen molar-refractivity contribution in [1.82, 2.24) is 19.3 Å². The van der Waals surface area contributed by atoms with Crippen LogP contribution < -0.4 is 11.1 Å². The lowest BCUT2D eigenvalue weighted by atomic mass is 10.1. The minimum Gasteiger partial charge on any atom is -0.361 e. The molecule has 2 N–H and O–H groups in total. The molecule has 30 heavy (non-hydrogen) atoms. The van der Waals surface area contributed by atoms with Gasteiger partial charge in [-0.2, -0.15) is 0 Å². The highest BCUT2D eigenvalue weighted by Crippen LogP contribution is 2.23. The monoisotopic (exact) mass is 418 g/mol. The molecule has 0 fully saturated rings. The van der Waals surface area contributed by atoms with Crippen LogP contribution in [0.5, 0.6) is 0 Å². The molecule has 0 radical (unpaired) electrons. The minimum atomic E-state index is -0.165. The molecule has 2 aromatic carbocycles. The van der Waals surface area contributed by atoms with Gasteiger partial charge in [0.05, 0.1) is 16.6 Å². The number of aromatic nitrogens is 4. The van der Waals surface area contributed by atoms with Gasteiger partial charge in [0, 0.05) is 40.4 Å². The average Bonchev–Trinajstić information content (AvgIpc) is 3.29. The van der Waals surface area contributed by atoms with Crippen LogP contribution in [0.2, 0.25) is 5.02 Å². The second-order valence-electron chi connectivity index (χ2n) is 7.35. The highest BCUT2D eigenvalue weighted by Gasteiger charge is 2.15. The first kappa shape index (κ1) is 18.5. The van der Waals surface area contributed by atoms with E-state index in [9.17, 15) is 9.59 Å².